The number of ether oxygens (including phenoxy) is 1. The Kier molecular flexibility index (Phi) is 5.30. The van der Waals surface area contributed by atoms with Gasteiger partial charge in [-0.2, -0.15) is 10.1 Å². The highest BCUT2D eigenvalue weighted by Gasteiger charge is 2.18. The molecule has 0 spiro atoms. The predicted molar refractivity (Wildman–Crippen MR) is 103 cm³/mol. The molecule has 3 rings (SSSR count). The molecular weight excluding hydrogens is 344 g/mol. The van der Waals surface area contributed by atoms with E-state index in [0.717, 1.165) is 15.8 Å². The molecule has 138 valence electrons. The Morgan fingerprint density at radius 1 is 1.19 bits per heavy atom. The van der Waals surface area contributed by atoms with Crippen molar-refractivity contribution in [3.05, 3.63) is 70.8 Å². The minimum atomic E-state index is -0.796. The van der Waals surface area contributed by atoms with E-state index >= 15 is 0 Å². The van der Waals surface area contributed by atoms with Crippen molar-refractivity contribution in [1.82, 2.24) is 14.8 Å². The Bertz CT molecular complexity index is 1010. The van der Waals surface area contributed by atoms with Crippen molar-refractivity contribution < 1.29 is 9.53 Å². The number of benzene rings is 2. The van der Waals surface area contributed by atoms with Gasteiger partial charge >= 0.3 is 5.69 Å². The molecule has 1 amide bonds. The lowest BCUT2D eigenvalue weighted by atomic mass is 10.1. The van der Waals surface area contributed by atoms with Gasteiger partial charge in [0.1, 0.15) is 11.8 Å². The predicted octanol–water partition coefficient (Wildman–Crippen LogP) is 2.82. The highest BCUT2D eigenvalue weighted by molar-refractivity contribution is 5.93. The number of aryl methyl sites for hydroxylation is 1. The van der Waals surface area contributed by atoms with Gasteiger partial charge in [-0.25, -0.2) is 9.48 Å². The molecular formula is C20H20N4O3. The van der Waals surface area contributed by atoms with Gasteiger partial charge in [0, 0.05) is 11.3 Å². The van der Waals surface area contributed by atoms with Crippen LogP contribution >= 0.6 is 0 Å². The molecule has 0 radical (unpaired) electrons. The smallest absolute Gasteiger partial charge is 0.365 e. The fourth-order valence-corrected chi connectivity index (χ4v) is 2.60. The number of hydrogen-bond acceptors (Lipinski definition) is 5. The van der Waals surface area contributed by atoms with Crippen molar-refractivity contribution in [2.45, 2.75) is 19.9 Å². The number of hydrogen-bond donors (Lipinski definition) is 1. The number of anilines is 1. The van der Waals surface area contributed by atoms with Crippen LogP contribution in [0.15, 0.2) is 59.5 Å². The van der Waals surface area contributed by atoms with E-state index in [9.17, 15) is 9.59 Å². The van der Waals surface area contributed by atoms with Gasteiger partial charge < -0.3 is 10.1 Å². The Balaban J connectivity index is 1.79. The zero-order valence-electron chi connectivity index (χ0n) is 15.3. The lowest BCUT2D eigenvalue weighted by Crippen LogP contribution is -2.34. The van der Waals surface area contributed by atoms with Crippen molar-refractivity contribution in [2.75, 3.05) is 12.4 Å². The molecule has 0 saturated heterocycles. The van der Waals surface area contributed by atoms with Gasteiger partial charge in [0.15, 0.2) is 0 Å². The molecule has 27 heavy (non-hydrogen) atoms. The van der Waals surface area contributed by atoms with Crippen LogP contribution in [0.5, 0.6) is 5.75 Å². The van der Waals surface area contributed by atoms with Crippen LogP contribution in [0.4, 0.5) is 5.69 Å². The number of carbonyl (C=O) groups is 1. The molecule has 0 aliphatic carbocycles. The first-order valence-corrected chi connectivity index (χ1v) is 8.46. The zero-order chi connectivity index (χ0) is 19.4. The second-order valence-corrected chi connectivity index (χ2v) is 6.13. The molecule has 0 bridgehead atoms. The SMILES string of the molecule is COc1ccc(-c2cnn(C(C)C(=O)Nc3cccc(C)c3)c(=O)n2)cc1. The van der Waals surface area contributed by atoms with E-state index in [1.54, 1.807) is 44.4 Å². The monoisotopic (exact) mass is 364 g/mol. The summed E-state index contributed by atoms with van der Waals surface area (Å²) < 4.78 is 6.18. The third-order valence-corrected chi connectivity index (χ3v) is 4.13. The minimum Gasteiger partial charge on any atom is -0.497 e. The summed E-state index contributed by atoms with van der Waals surface area (Å²) in [5.41, 5.74) is 2.29. The number of carbonyl (C=O) groups excluding carboxylic acids is 1. The van der Waals surface area contributed by atoms with Crippen molar-refractivity contribution in [3.63, 3.8) is 0 Å². The van der Waals surface area contributed by atoms with E-state index in [1.807, 2.05) is 25.1 Å². The van der Waals surface area contributed by atoms with E-state index in [1.165, 1.54) is 6.20 Å². The number of methoxy groups -OCH3 is 1. The fourth-order valence-electron chi connectivity index (χ4n) is 2.60. The van der Waals surface area contributed by atoms with Gasteiger partial charge in [0.05, 0.1) is 19.0 Å². The molecule has 1 aromatic heterocycles. The minimum absolute atomic E-state index is 0.339. The van der Waals surface area contributed by atoms with Crippen LogP contribution in [0.2, 0.25) is 0 Å². The second-order valence-electron chi connectivity index (χ2n) is 6.13. The molecule has 2 aromatic carbocycles. The molecule has 0 fully saturated rings. The maximum atomic E-state index is 12.4. The third-order valence-electron chi connectivity index (χ3n) is 4.13. The Labute approximate surface area is 156 Å². The zero-order valence-corrected chi connectivity index (χ0v) is 15.3. The van der Waals surface area contributed by atoms with Gasteiger partial charge in [0.25, 0.3) is 0 Å². The summed E-state index contributed by atoms with van der Waals surface area (Å²) in [7, 11) is 1.58. The first kappa shape index (κ1) is 18.3. The molecule has 7 heteroatoms. The van der Waals surface area contributed by atoms with Crippen LogP contribution in [0.3, 0.4) is 0 Å². The lowest BCUT2D eigenvalue weighted by Gasteiger charge is -2.14. The van der Waals surface area contributed by atoms with Gasteiger partial charge in [-0.05, 0) is 55.8 Å². The van der Waals surface area contributed by atoms with Crippen LogP contribution in [0.25, 0.3) is 11.3 Å². The topological polar surface area (TPSA) is 86.1 Å². The van der Waals surface area contributed by atoms with Crippen molar-refractivity contribution in [3.8, 4) is 17.0 Å². The summed E-state index contributed by atoms with van der Waals surface area (Å²) in [5, 5.41) is 6.91. The summed E-state index contributed by atoms with van der Waals surface area (Å²) in [6, 6.07) is 13.8. The van der Waals surface area contributed by atoms with Gasteiger partial charge in [0.2, 0.25) is 5.91 Å². The second kappa shape index (κ2) is 7.82. The van der Waals surface area contributed by atoms with E-state index < -0.39 is 11.7 Å². The lowest BCUT2D eigenvalue weighted by molar-refractivity contribution is -0.119. The highest BCUT2D eigenvalue weighted by Crippen LogP contribution is 2.19. The van der Waals surface area contributed by atoms with E-state index in [0.29, 0.717) is 17.1 Å². The Morgan fingerprint density at radius 3 is 2.56 bits per heavy atom. The molecule has 1 N–H and O–H groups in total. The van der Waals surface area contributed by atoms with Gasteiger partial charge in [-0.3, -0.25) is 4.79 Å². The van der Waals surface area contributed by atoms with Gasteiger partial charge in [-0.15, -0.1) is 0 Å². The van der Waals surface area contributed by atoms with Crippen molar-refractivity contribution in [2.24, 2.45) is 0 Å². The molecule has 7 nitrogen and oxygen atoms in total. The summed E-state index contributed by atoms with van der Waals surface area (Å²) in [4.78, 5) is 28.9. The van der Waals surface area contributed by atoms with Crippen LogP contribution in [-0.2, 0) is 4.79 Å². The van der Waals surface area contributed by atoms with E-state index in [-0.39, 0.29) is 5.91 Å². The molecule has 1 heterocycles. The number of rotatable bonds is 5. The van der Waals surface area contributed by atoms with Crippen molar-refractivity contribution >= 4 is 11.6 Å². The maximum absolute atomic E-state index is 12.4. The van der Waals surface area contributed by atoms with E-state index in [2.05, 4.69) is 15.4 Å². The Hall–Kier alpha value is -3.48. The van der Waals surface area contributed by atoms with E-state index in [4.69, 9.17) is 4.74 Å². The molecule has 3 aromatic rings. The molecule has 0 aliphatic heterocycles. The quantitative estimate of drug-likeness (QED) is 0.752. The molecule has 0 aliphatic rings. The Morgan fingerprint density at radius 2 is 1.93 bits per heavy atom. The first-order valence-electron chi connectivity index (χ1n) is 8.46. The third kappa shape index (κ3) is 4.20. The first-order chi connectivity index (χ1) is 13.0. The number of nitrogens with one attached hydrogen (secondary N) is 1. The fraction of sp³-hybridized carbons (Fsp3) is 0.200. The maximum Gasteiger partial charge on any atom is 0.365 e. The van der Waals surface area contributed by atoms with Gasteiger partial charge in [-0.1, -0.05) is 12.1 Å². The summed E-state index contributed by atoms with van der Waals surface area (Å²) in [5.74, 6) is 0.371. The summed E-state index contributed by atoms with van der Waals surface area (Å²) in [6.45, 7) is 3.54. The number of nitrogens with zero attached hydrogens (tertiary/aromatic N) is 3. The van der Waals surface area contributed by atoms with Crippen molar-refractivity contribution in [1.29, 1.82) is 0 Å². The normalized spacial score (nSPS) is 11.7. The average molecular weight is 364 g/mol. The standard InChI is InChI=1S/C20H20N4O3/c1-13-5-4-6-16(11-13)22-19(25)14(2)24-20(26)23-18(12-21-24)15-7-9-17(27-3)10-8-15/h4-12,14H,1-3H3,(H,22,25). The molecule has 1 unspecified atom stereocenters. The summed E-state index contributed by atoms with van der Waals surface area (Å²) in [6.07, 6.45) is 1.47. The highest BCUT2D eigenvalue weighted by atomic mass is 16.5. The van der Waals surface area contributed by atoms with Crippen LogP contribution < -0.4 is 15.7 Å². The number of aromatic nitrogens is 3. The average Bonchev–Trinajstić information content (AvgIpc) is 2.67. The molecule has 0 saturated carbocycles. The molecule has 1 atom stereocenters. The largest absolute Gasteiger partial charge is 0.497 e. The van der Waals surface area contributed by atoms with Crippen LogP contribution in [0, 0.1) is 6.92 Å². The van der Waals surface area contributed by atoms with Crippen LogP contribution in [-0.4, -0.2) is 27.8 Å². The van der Waals surface area contributed by atoms with Crippen LogP contribution in [0.1, 0.15) is 18.5 Å². The number of amides is 1. The summed E-state index contributed by atoms with van der Waals surface area (Å²) >= 11 is 0.